The summed E-state index contributed by atoms with van der Waals surface area (Å²) in [5.74, 6) is 0.461. The maximum Gasteiger partial charge on any atom is 0.170 e. The number of halogens is 1. The Morgan fingerprint density at radius 3 is 2.82 bits per heavy atom. The van der Waals surface area contributed by atoms with E-state index in [1.807, 2.05) is 13.0 Å². The Balaban J connectivity index is 1.40. The van der Waals surface area contributed by atoms with E-state index in [1.165, 1.54) is 21.8 Å². The van der Waals surface area contributed by atoms with Gasteiger partial charge in [0.1, 0.15) is 16.5 Å². The third-order valence-electron chi connectivity index (χ3n) is 5.44. The van der Waals surface area contributed by atoms with Crippen molar-refractivity contribution in [1.82, 2.24) is 15.0 Å². The maximum atomic E-state index is 13.2. The van der Waals surface area contributed by atoms with Crippen molar-refractivity contribution in [2.45, 2.75) is 32.4 Å². The van der Waals surface area contributed by atoms with Crippen LogP contribution < -0.4 is 0 Å². The quantitative estimate of drug-likeness (QED) is 0.444. The van der Waals surface area contributed by atoms with Crippen molar-refractivity contribution in [3.05, 3.63) is 70.6 Å². The SMILES string of the molecule is Cc1c(CN2CCCC2c2nc3ccccc3s2)noc1-c1ccc(F)cc1. The molecule has 0 bridgehead atoms. The van der Waals surface area contributed by atoms with Crippen molar-refractivity contribution in [3.63, 3.8) is 0 Å². The molecule has 0 amide bonds. The first-order valence-corrected chi connectivity index (χ1v) is 10.3. The van der Waals surface area contributed by atoms with E-state index >= 15 is 0 Å². The molecule has 6 heteroatoms. The third-order valence-corrected chi connectivity index (χ3v) is 6.58. The van der Waals surface area contributed by atoms with Gasteiger partial charge in [-0.3, -0.25) is 4.90 Å². The van der Waals surface area contributed by atoms with Gasteiger partial charge in [0.25, 0.3) is 0 Å². The predicted molar refractivity (Wildman–Crippen MR) is 109 cm³/mol. The van der Waals surface area contributed by atoms with Gasteiger partial charge in [-0.15, -0.1) is 11.3 Å². The lowest BCUT2D eigenvalue weighted by molar-refractivity contribution is 0.240. The largest absolute Gasteiger partial charge is 0.356 e. The number of nitrogens with zero attached hydrogens (tertiary/aromatic N) is 3. The third kappa shape index (κ3) is 3.12. The van der Waals surface area contributed by atoms with E-state index in [-0.39, 0.29) is 5.82 Å². The molecule has 1 fully saturated rings. The first-order chi connectivity index (χ1) is 13.7. The molecule has 0 spiro atoms. The number of likely N-dealkylation sites (tertiary alicyclic amines) is 1. The molecule has 1 saturated heterocycles. The van der Waals surface area contributed by atoms with Gasteiger partial charge in [0.15, 0.2) is 5.76 Å². The van der Waals surface area contributed by atoms with Gasteiger partial charge in [-0.2, -0.15) is 0 Å². The smallest absolute Gasteiger partial charge is 0.170 e. The van der Waals surface area contributed by atoms with Gasteiger partial charge in [0.2, 0.25) is 0 Å². The molecular weight excluding hydrogens is 373 g/mol. The molecule has 4 aromatic rings. The molecular formula is C22H20FN3OS. The summed E-state index contributed by atoms with van der Waals surface area (Å²) >= 11 is 1.78. The zero-order chi connectivity index (χ0) is 19.1. The average molecular weight is 393 g/mol. The normalized spacial score (nSPS) is 17.6. The summed E-state index contributed by atoms with van der Waals surface area (Å²) in [6, 6.07) is 15.0. The van der Waals surface area contributed by atoms with Gasteiger partial charge in [-0.1, -0.05) is 17.3 Å². The summed E-state index contributed by atoms with van der Waals surface area (Å²) in [5, 5.41) is 5.50. The summed E-state index contributed by atoms with van der Waals surface area (Å²) in [5.41, 5.74) is 3.88. The summed E-state index contributed by atoms with van der Waals surface area (Å²) in [6.07, 6.45) is 2.27. The molecule has 1 aliphatic heterocycles. The van der Waals surface area contributed by atoms with E-state index in [4.69, 9.17) is 9.51 Å². The van der Waals surface area contributed by atoms with Crippen LogP contribution in [0.5, 0.6) is 0 Å². The molecule has 0 aliphatic carbocycles. The van der Waals surface area contributed by atoms with E-state index < -0.39 is 0 Å². The second kappa shape index (κ2) is 7.11. The van der Waals surface area contributed by atoms with Crippen LogP contribution in [0.2, 0.25) is 0 Å². The standard InChI is InChI=1S/C22H20FN3OS/c1-14-18(25-27-21(14)15-8-10-16(23)11-9-15)13-26-12-4-6-19(26)22-24-17-5-2-3-7-20(17)28-22/h2-3,5,7-11,19H,4,6,12-13H2,1H3. The van der Waals surface area contributed by atoms with Crippen LogP contribution in [0.1, 0.15) is 35.1 Å². The fraction of sp³-hybridized carbons (Fsp3) is 0.273. The Hall–Kier alpha value is -2.57. The average Bonchev–Trinajstić information content (AvgIpc) is 3.42. The van der Waals surface area contributed by atoms with Crippen LogP contribution in [0.25, 0.3) is 21.5 Å². The molecule has 1 unspecified atom stereocenters. The summed E-state index contributed by atoms with van der Waals surface area (Å²) in [4.78, 5) is 7.31. The van der Waals surface area contributed by atoms with Crippen LogP contribution in [-0.2, 0) is 6.54 Å². The number of para-hydroxylation sites is 1. The molecule has 5 rings (SSSR count). The number of fused-ring (bicyclic) bond motifs is 1. The molecule has 2 aromatic heterocycles. The molecule has 0 radical (unpaired) electrons. The second-order valence-corrected chi connectivity index (χ2v) is 8.30. The number of hydrogen-bond donors (Lipinski definition) is 0. The number of hydrogen-bond acceptors (Lipinski definition) is 5. The molecule has 28 heavy (non-hydrogen) atoms. The lowest BCUT2D eigenvalue weighted by Gasteiger charge is -2.21. The van der Waals surface area contributed by atoms with Crippen LogP contribution >= 0.6 is 11.3 Å². The predicted octanol–water partition coefficient (Wildman–Crippen LogP) is 5.74. The first-order valence-electron chi connectivity index (χ1n) is 9.49. The minimum Gasteiger partial charge on any atom is -0.356 e. The molecule has 3 heterocycles. The fourth-order valence-electron chi connectivity index (χ4n) is 3.91. The van der Waals surface area contributed by atoms with Gasteiger partial charge in [0, 0.05) is 17.7 Å². The van der Waals surface area contributed by atoms with E-state index in [1.54, 1.807) is 23.5 Å². The highest BCUT2D eigenvalue weighted by Gasteiger charge is 2.30. The molecule has 1 aliphatic rings. The van der Waals surface area contributed by atoms with E-state index in [0.29, 0.717) is 11.8 Å². The second-order valence-electron chi connectivity index (χ2n) is 7.24. The lowest BCUT2D eigenvalue weighted by Crippen LogP contribution is -2.23. The molecule has 0 N–H and O–H groups in total. The van der Waals surface area contributed by atoms with Crippen molar-refractivity contribution < 1.29 is 8.91 Å². The highest BCUT2D eigenvalue weighted by atomic mass is 32.1. The van der Waals surface area contributed by atoms with Crippen LogP contribution in [0, 0.1) is 12.7 Å². The molecule has 2 aromatic carbocycles. The number of thiazole rings is 1. The summed E-state index contributed by atoms with van der Waals surface area (Å²) in [7, 11) is 0. The van der Waals surface area contributed by atoms with Crippen LogP contribution in [0.4, 0.5) is 4.39 Å². The van der Waals surface area contributed by atoms with E-state index in [9.17, 15) is 4.39 Å². The molecule has 1 atom stereocenters. The van der Waals surface area contributed by atoms with Crippen molar-refractivity contribution in [2.24, 2.45) is 0 Å². The van der Waals surface area contributed by atoms with Gasteiger partial charge < -0.3 is 4.52 Å². The van der Waals surface area contributed by atoms with E-state index in [2.05, 4.69) is 28.3 Å². The fourth-order valence-corrected chi connectivity index (χ4v) is 5.04. The van der Waals surface area contributed by atoms with Gasteiger partial charge in [-0.05, 0) is 62.7 Å². The Bertz CT molecular complexity index is 1090. The highest BCUT2D eigenvalue weighted by molar-refractivity contribution is 7.18. The summed E-state index contributed by atoms with van der Waals surface area (Å²) < 4.78 is 20.0. The summed E-state index contributed by atoms with van der Waals surface area (Å²) in [6.45, 7) is 3.78. The van der Waals surface area contributed by atoms with Crippen molar-refractivity contribution in [2.75, 3.05) is 6.54 Å². The Labute approximate surface area is 166 Å². The minimum atomic E-state index is -0.253. The monoisotopic (exact) mass is 393 g/mol. The van der Waals surface area contributed by atoms with Crippen molar-refractivity contribution >= 4 is 21.6 Å². The van der Waals surface area contributed by atoms with Crippen LogP contribution in [-0.4, -0.2) is 21.6 Å². The molecule has 0 saturated carbocycles. The zero-order valence-corrected chi connectivity index (χ0v) is 16.4. The Morgan fingerprint density at radius 1 is 1.18 bits per heavy atom. The highest BCUT2D eigenvalue weighted by Crippen LogP contribution is 2.38. The van der Waals surface area contributed by atoms with Crippen LogP contribution in [0.3, 0.4) is 0 Å². The zero-order valence-electron chi connectivity index (χ0n) is 15.6. The topological polar surface area (TPSA) is 42.2 Å². The molecule has 4 nitrogen and oxygen atoms in total. The van der Waals surface area contributed by atoms with Crippen LogP contribution in [0.15, 0.2) is 53.1 Å². The van der Waals surface area contributed by atoms with Gasteiger partial charge in [-0.25, -0.2) is 9.37 Å². The number of rotatable bonds is 4. The molecule has 142 valence electrons. The Morgan fingerprint density at radius 2 is 2.00 bits per heavy atom. The minimum absolute atomic E-state index is 0.253. The number of benzene rings is 2. The van der Waals surface area contributed by atoms with Gasteiger partial charge >= 0.3 is 0 Å². The number of aromatic nitrogens is 2. The lowest BCUT2D eigenvalue weighted by atomic mass is 10.1. The van der Waals surface area contributed by atoms with Crippen molar-refractivity contribution in [1.29, 1.82) is 0 Å². The van der Waals surface area contributed by atoms with Gasteiger partial charge in [0.05, 0.1) is 16.3 Å². The first kappa shape index (κ1) is 17.5. The van der Waals surface area contributed by atoms with E-state index in [0.717, 1.165) is 48.3 Å². The Kier molecular flexibility index (Phi) is 4.45. The van der Waals surface area contributed by atoms with Crippen molar-refractivity contribution in [3.8, 4) is 11.3 Å². The maximum absolute atomic E-state index is 13.2.